The van der Waals surface area contributed by atoms with Crippen molar-refractivity contribution in [2.24, 2.45) is 0 Å². The summed E-state index contributed by atoms with van der Waals surface area (Å²) in [4.78, 5) is 3.87. The minimum absolute atomic E-state index is 0.0384. The van der Waals surface area contributed by atoms with Crippen molar-refractivity contribution in [2.75, 3.05) is 13.1 Å². The second-order valence-electron chi connectivity index (χ2n) is 4.01. The summed E-state index contributed by atoms with van der Waals surface area (Å²) in [6.45, 7) is 2.87. The van der Waals surface area contributed by atoms with Crippen LogP contribution in [0.4, 0.5) is 13.2 Å². The second-order valence-corrected chi connectivity index (χ2v) is 4.01. The zero-order valence-electron chi connectivity index (χ0n) is 8.90. The van der Waals surface area contributed by atoms with E-state index >= 15 is 0 Å². The number of rotatable bonds is 1. The Morgan fingerprint density at radius 2 is 2.19 bits per heavy atom. The lowest BCUT2D eigenvalue weighted by atomic mass is 10.00. The van der Waals surface area contributed by atoms with Crippen molar-refractivity contribution in [1.82, 2.24) is 10.3 Å². The maximum absolute atomic E-state index is 12.5. The van der Waals surface area contributed by atoms with Gasteiger partial charge in [-0.05, 0) is 26.3 Å². The summed E-state index contributed by atoms with van der Waals surface area (Å²) < 4.78 is 42.3. The van der Waals surface area contributed by atoms with Gasteiger partial charge in [-0.2, -0.15) is 13.2 Å². The number of aromatic nitrogens is 1. The molecule has 1 atom stereocenters. The molecule has 1 unspecified atom stereocenters. The van der Waals surface area contributed by atoms with Gasteiger partial charge in [0.15, 0.2) is 5.89 Å². The summed E-state index contributed by atoms with van der Waals surface area (Å²) in [6, 6.07) is 0. The van der Waals surface area contributed by atoms with Crippen LogP contribution >= 0.6 is 0 Å². The molecule has 1 saturated heterocycles. The molecule has 0 bridgehead atoms. The Balaban J connectivity index is 2.23. The summed E-state index contributed by atoms with van der Waals surface area (Å²) in [5.74, 6) is -0.798. The lowest BCUT2D eigenvalue weighted by Crippen LogP contribution is -2.28. The van der Waals surface area contributed by atoms with Crippen molar-refractivity contribution < 1.29 is 17.6 Å². The lowest BCUT2D eigenvalue weighted by Gasteiger charge is -2.19. The predicted molar refractivity (Wildman–Crippen MR) is 51.1 cm³/mol. The number of nitrogens with zero attached hydrogens (tertiary/aromatic N) is 1. The van der Waals surface area contributed by atoms with E-state index in [0.29, 0.717) is 6.54 Å². The van der Waals surface area contributed by atoms with Crippen LogP contribution in [-0.2, 0) is 6.18 Å². The van der Waals surface area contributed by atoms with E-state index in [1.54, 1.807) is 0 Å². The first-order chi connectivity index (χ1) is 7.48. The molecule has 1 fully saturated rings. The van der Waals surface area contributed by atoms with Gasteiger partial charge < -0.3 is 9.73 Å². The molecule has 1 aromatic heterocycles. The zero-order chi connectivity index (χ0) is 11.8. The van der Waals surface area contributed by atoms with E-state index in [9.17, 15) is 13.2 Å². The summed E-state index contributed by atoms with van der Waals surface area (Å²) in [6.07, 6.45) is -2.69. The van der Waals surface area contributed by atoms with Gasteiger partial charge in [0.05, 0.1) is 5.69 Å². The number of piperidine rings is 1. The topological polar surface area (TPSA) is 38.1 Å². The fraction of sp³-hybridized carbons (Fsp3) is 0.700. The van der Waals surface area contributed by atoms with Crippen molar-refractivity contribution in [3.63, 3.8) is 0 Å². The van der Waals surface area contributed by atoms with Crippen LogP contribution in [-0.4, -0.2) is 18.1 Å². The van der Waals surface area contributed by atoms with Gasteiger partial charge in [-0.1, -0.05) is 0 Å². The molecule has 1 aliphatic heterocycles. The average molecular weight is 234 g/mol. The van der Waals surface area contributed by atoms with Crippen LogP contribution in [0, 0.1) is 6.92 Å². The van der Waals surface area contributed by atoms with Crippen LogP contribution in [0.1, 0.15) is 36.1 Å². The van der Waals surface area contributed by atoms with Crippen molar-refractivity contribution >= 4 is 0 Å². The van der Waals surface area contributed by atoms with Crippen LogP contribution in [0.5, 0.6) is 0 Å². The quantitative estimate of drug-likeness (QED) is 0.811. The number of alkyl halides is 3. The molecule has 2 heterocycles. The summed E-state index contributed by atoms with van der Waals surface area (Å²) in [5.41, 5.74) is -0.0759. The van der Waals surface area contributed by atoms with Crippen LogP contribution < -0.4 is 5.32 Å². The highest BCUT2D eigenvalue weighted by molar-refractivity contribution is 5.13. The van der Waals surface area contributed by atoms with E-state index < -0.39 is 11.9 Å². The molecule has 6 heteroatoms. The van der Waals surface area contributed by atoms with Gasteiger partial charge in [0, 0.05) is 12.5 Å². The van der Waals surface area contributed by atoms with Crippen molar-refractivity contribution in [2.45, 2.75) is 31.9 Å². The maximum Gasteiger partial charge on any atom is 0.451 e. The van der Waals surface area contributed by atoms with Crippen LogP contribution in [0.2, 0.25) is 0 Å². The Morgan fingerprint density at radius 1 is 1.44 bits per heavy atom. The number of aryl methyl sites for hydroxylation is 1. The van der Waals surface area contributed by atoms with Gasteiger partial charge in [-0.25, -0.2) is 4.98 Å². The third-order valence-corrected chi connectivity index (χ3v) is 2.72. The van der Waals surface area contributed by atoms with Crippen molar-refractivity contribution in [1.29, 1.82) is 0 Å². The molecule has 16 heavy (non-hydrogen) atoms. The molecule has 90 valence electrons. The Hall–Kier alpha value is -1.04. The fourth-order valence-corrected chi connectivity index (χ4v) is 1.92. The second kappa shape index (κ2) is 4.08. The van der Waals surface area contributed by atoms with E-state index in [1.807, 2.05) is 0 Å². The minimum Gasteiger partial charge on any atom is -0.435 e. The Bertz CT molecular complexity index is 367. The first-order valence-corrected chi connectivity index (χ1v) is 5.23. The van der Waals surface area contributed by atoms with Gasteiger partial charge in [-0.3, -0.25) is 0 Å². The zero-order valence-corrected chi connectivity index (χ0v) is 8.90. The number of nitrogens with one attached hydrogen (secondary N) is 1. The van der Waals surface area contributed by atoms with Gasteiger partial charge in [0.2, 0.25) is 5.76 Å². The summed E-state index contributed by atoms with van der Waals surface area (Å²) in [7, 11) is 0. The van der Waals surface area contributed by atoms with Crippen LogP contribution in [0.15, 0.2) is 4.42 Å². The molecule has 0 saturated carbocycles. The van der Waals surface area contributed by atoms with E-state index in [4.69, 9.17) is 4.42 Å². The number of hydrogen-bond donors (Lipinski definition) is 1. The molecule has 0 aromatic carbocycles. The van der Waals surface area contributed by atoms with E-state index in [0.717, 1.165) is 19.4 Å². The number of hydrogen-bond acceptors (Lipinski definition) is 3. The molecule has 1 N–H and O–H groups in total. The summed E-state index contributed by atoms with van der Waals surface area (Å²) >= 11 is 0. The van der Waals surface area contributed by atoms with Crippen LogP contribution in [0.3, 0.4) is 0 Å². The smallest absolute Gasteiger partial charge is 0.435 e. The van der Waals surface area contributed by atoms with Gasteiger partial charge in [0.25, 0.3) is 0 Å². The highest BCUT2D eigenvalue weighted by Crippen LogP contribution is 2.34. The first kappa shape index (κ1) is 11.4. The highest BCUT2D eigenvalue weighted by atomic mass is 19.4. The van der Waals surface area contributed by atoms with Gasteiger partial charge >= 0.3 is 6.18 Å². The fourth-order valence-electron chi connectivity index (χ4n) is 1.92. The molecule has 3 nitrogen and oxygen atoms in total. The standard InChI is InChI=1S/C10H13F3N2O/c1-6-8(10(11,12)13)16-9(15-6)7-3-2-4-14-5-7/h7,14H,2-5H2,1H3. The SMILES string of the molecule is Cc1nc(C2CCCNC2)oc1C(F)(F)F. The molecule has 0 amide bonds. The molecule has 0 radical (unpaired) electrons. The highest BCUT2D eigenvalue weighted by Gasteiger charge is 2.39. The molecular formula is C10H13F3N2O. The van der Waals surface area contributed by atoms with Gasteiger partial charge in [-0.15, -0.1) is 0 Å². The van der Waals surface area contributed by atoms with Crippen molar-refractivity contribution in [3.05, 3.63) is 17.3 Å². The predicted octanol–water partition coefficient (Wildman–Crippen LogP) is 2.47. The van der Waals surface area contributed by atoms with E-state index in [1.165, 1.54) is 6.92 Å². The lowest BCUT2D eigenvalue weighted by molar-refractivity contribution is -0.154. The first-order valence-electron chi connectivity index (χ1n) is 5.23. The van der Waals surface area contributed by atoms with E-state index in [2.05, 4.69) is 10.3 Å². The monoisotopic (exact) mass is 234 g/mol. The third kappa shape index (κ3) is 2.21. The largest absolute Gasteiger partial charge is 0.451 e. The molecule has 0 aliphatic carbocycles. The Kier molecular flexibility index (Phi) is 2.92. The molecule has 1 aromatic rings. The Morgan fingerprint density at radius 3 is 2.69 bits per heavy atom. The summed E-state index contributed by atoms with van der Waals surface area (Å²) in [5, 5.41) is 3.12. The van der Waals surface area contributed by atoms with Crippen molar-refractivity contribution in [3.8, 4) is 0 Å². The molecule has 2 rings (SSSR count). The molecular weight excluding hydrogens is 221 g/mol. The minimum atomic E-state index is -4.45. The van der Waals surface area contributed by atoms with Crippen LogP contribution in [0.25, 0.3) is 0 Å². The normalized spacial score (nSPS) is 22.4. The van der Waals surface area contributed by atoms with Gasteiger partial charge in [0.1, 0.15) is 0 Å². The molecule has 0 spiro atoms. The average Bonchev–Trinajstić information content (AvgIpc) is 2.61. The molecule has 1 aliphatic rings. The maximum atomic E-state index is 12.5. The third-order valence-electron chi connectivity index (χ3n) is 2.72. The Labute approximate surface area is 91.0 Å². The number of oxazole rings is 1. The van der Waals surface area contributed by atoms with E-state index in [-0.39, 0.29) is 17.5 Å². The number of halogens is 3.